The number of aromatic nitrogens is 1. The Morgan fingerprint density at radius 1 is 1.43 bits per heavy atom. The molecule has 2 aromatic rings. The van der Waals surface area contributed by atoms with Gasteiger partial charge in [0.1, 0.15) is 5.75 Å². The fourth-order valence-electron chi connectivity index (χ4n) is 2.42. The Bertz CT molecular complexity index is 679. The van der Waals surface area contributed by atoms with E-state index in [0.717, 1.165) is 27.7 Å². The Morgan fingerprint density at radius 3 is 2.90 bits per heavy atom. The summed E-state index contributed by atoms with van der Waals surface area (Å²) in [6.07, 6.45) is 0. The molecule has 5 heteroatoms. The largest absolute Gasteiger partial charge is 0.482 e. The van der Waals surface area contributed by atoms with Gasteiger partial charge in [-0.1, -0.05) is 13.8 Å². The number of fused-ring (bicyclic) bond motifs is 1. The topological polar surface area (TPSA) is 42.4 Å². The number of hydrogen-bond donors (Lipinski definition) is 0. The number of hydrogen-bond acceptors (Lipinski definition) is 4. The molecule has 21 heavy (non-hydrogen) atoms. The molecule has 1 aromatic carbocycles. The van der Waals surface area contributed by atoms with Gasteiger partial charge in [-0.2, -0.15) is 0 Å². The number of aryl methyl sites for hydroxylation is 1. The van der Waals surface area contributed by atoms with Crippen LogP contribution in [-0.4, -0.2) is 24.0 Å². The molecule has 1 aromatic heterocycles. The number of anilines is 1. The zero-order valence-corrected chi connectivity index (χ0v) is 13.2. The quantitative estimate of drug-likeness (QED) is 0.871. The molecule has 0 radical (unpaired) electrons. The number of benzene rings is 1. The van der Waals surface area contributed by atoms with Gasteiger partial charge in [-0.3, -0.25) is 4.79 Å². The zero-order valence-electron chi connectivity index (χ0n) is 12.4. The van der Waals surface area contributed by atoms with Gasteiger partial charge in [0, 0.05) is 17.5 Å². The van der Waals surface area contributed by atoms with Gasteiger partial charge in [-0.05, 0) is 31.0 Å². The first-order valence-corrected chi connectivity index (χ1v) is 7.92. The molecule has 4 nitrogen and oxygen atoms in total. The van der Waals surface area contributed by atoms with E-state index in [-0.39, 0.29) is 12.5 Å². The molecular weight excluding hydrogens is 284 g/mol. The molecule has 1 aliphatic rings. The van der Waals surface area contributed by atoms with E-state index in [2.05, 4.69) is 18.8 Å². The van der Waals surface area contributed by atoms with Gasteiger partial charge in [-0.25, -0.2) is 4.98 Å². The average Bonchev–Trinajstić information content (AvgIpc) is 2.88. The molecule has 1 aliphatic heterocycles. The Kier molecular flexibility index (Phi) is 3.68. The van der Waals surface area contributed by atoms with Gasteiger partial charge in [0.25, 0.3) is 5.91 Å². The average molecular weight is 302 g/mol. The monoisotopic (exact) mass is 302 g/mol. The van der Waals surface area contributed by atoms with E-state index in [1.165, 1.54) is 0 Å². The standard InChI is InChI=1S/C16H18N2O2S/c1-10(2)7-18-14-6-12(13-9-21-11(3)17-13)4-5-15(14)20-8-16(18)19/h4-6,9-10H,7-8H2,1-3H3. The first-order valence-electron chi connectivity index (χ1n) is 7.04. The molecule has 3 rings (SSSR count). The van der Waals surface area contributed by atoms with Crippen LogP contribution in [0.2, 0.25) is 0 Å². The number of thiazole rings is 1. The van der Waals surface area contributed by atoms with Gasteiger partial charge >= 0.3 is 0 Å². The van der Waals surface area contributed by atoms with Crippen molar-refractivity contribution in [3.05, 3.63) is 28.6 Å². The number of carbonyl (C=O) groups excluding carboxylic acids is 1. The number of nitrogens with zero attached hydrogens (tertiary/aromatic N) is 2. The summed E-state index contributed by atoms with van der Waals surface area (Å²) in [7, 11) is 0. The molecule has 0 unspecified atom stereocenters. The van der Waals surface area contributed by atoms with E-state index < -0.39 is 0 Å². The molecule has 1 amide bonds. The van der Waals surface area contributed by atoms with Crippen molar-refractivity contribution in [2.24, 2.45) is 5.92 Å². The highest BCUT2D eigenvalue weighted by Gasteiger charge is 2.26. The summed E-state index contributed by atoms with van der Waals surface area (Å²) in [6, 6.07) is 5.93. The predicted molar refractivity (Wildman–Crippen MR) is 85.0 cm³/mol. The molecule has 0 saturated heterocycles. The van der Waals surface area contributed by atoms with Crippen molar-refractivity contribution in [1.29, 1.82) is 0 Å². The van der Waals surface area contributed by atoms with E-state index in [1.807, 2.05) is 35.4 Å². The minimum absolute atomic E-state index is 0.0165. The van der Waals surface area contributed by atoms with Crippen LogP contribution in [-0.2, 0) is 4.79 Å². The number of amides is 1. The van der Waals surface area contributed by atoms with Crippen molar-refractivity contribution in [1.82, 2.24) is 4.98 Å². The van der Waals surface area contributed by atoms with Crippen LogP contribution >= 0.6 is 11.3 Å². The Hall–Kier alpha value is -1.88. The third kappa shape index (κ3) is 2.78. The number of ether oxygens (including phenoxy) is 1. The second-order valence-electron chi connectivity index (χ2n) is 5.62. The van der Waals surface area contributed by atoms with Crippen LogP contribution in [0.5, 0.6) is 5.75 Å². The summed E-state index contributed by atoms with van der Waals surface area (Å²) in [5, 5.41) is 3.07. The van der Waals surface area contributed by atoms with Crippen LogP contribution in [0.3, 0.4) is 0 Å². The van der Waals surface area contributed by atoms with Crippen molar-refractivity contribution in [2.75, 3.05) is 18.1 Å². The zero-order chi connectivity index (χ0) is 15.0. The van der Waals surface area contributed by atoms with E-state index in [0.29, 0.717) is 12.5 Å². The highest BCUT2D eigenvalue weighted by Crippen LogP contribution is 2.36. The summed E-state index contributed by atoms with van der Waals surface area (Å²) in [5.41, 5.74) is 2.82. The minimum Gasteiger partial charge on any atom is -0.482 e. The summed E-state index contributed by atoms with van der Waals surface area (Å²) in [6.45, 7) is 7.03. The van der Waals surface area contributed by atoms with Crippen LogP contribution in [0, 0.1) is 12.8 Å². The molecule has 0 bridgehead atoms. The lowest BCUT2D eigenvalue weighted by molar-refractivity contribution is -0.121. The molecule has 0 N–H and O–H groups in total. The van der Waals surface area contributed by atoms with Crippen molar-refractivity contribution in [2.45, 2.75) is 20.8 Å². The summed E-state index contributed by atoms with van der Waals surface area (Å²) < 4.78 is 5.53. The molecule has 0 fully saturated rings. The fourth-order valence-corrected chi connectivity index (χ4v) is 3.04. The highest BCUT2D eigenvalue weighted by molar-refractivity contribution is 7.09. The van der Waals surface area contributed by atoms with Gasteiger partial charge in [0.2, 0.25) is 0 Å². The van der Waals surface area contributed by atoms with Crippen LogP contribution in [0.25, 0.3) is 11.3 Å². The molecule has 110 valence electrons. The van der Waals surface area contributed by atoms with Crippen LogP contribution in [0.15, 0.2) is 23.6 Å². The van der Waals surface area contributed by atoms with E-state index in [9.17, 15) is 4.79 Å². The second-order valence-corrected chi connectivity index (χ2v) is 6.68. The minimum atomic E-state index is 0.0165. The lowest BCUT2D eigenvalue weighted by Gasteiger charge is -2.31. The lowest BCUT2D eigenvalue weighted by Crippen LogP contribution is -2.40. The molecular formula is C16H18N2O2S. The normalized spacial score (nSPS) is 14.3. The maximum Gasteiger partial charge on any atom is 0.265 e. The third-order valence-electron chi connectivity index (χ3n) is 3.36. The molecule has 2 heterocycles. The first kappa shape index (κ1) is 14.1. The second kappa shape index (κ2) is 5.48. The van der Waals surface area contributed by atoms with Gasteiger partial charge in [0.05, 0.1) is 16.4 Å². The molecule has 0 spiro atoms. The van der Waals surface area contributed by atoms with Crippen LogP contribution in [0.4, 0.5) is 5.69 Å². The fraction of sp³-hybridized carbons (Fsp3) is 0.375. The van der Waals surface area contributed by atoms with Crippen molar-refractivity contribution in [3.8, 4) is 17.0 Å². The predicted octanol–water partition coefficient (Wildman–Crippen LogP) is 3.50. The molecule has 0 saturated carbocycles. The van der Waals surface area contributed by atoms with E-state index >= 15 is 0 Å². The Morgan fingerprint density at radius 2 is 2.24 bits per heavy atom. The van der Waals surface area contributed by atoms with Crippen molar-refractivity contribution >= 4 is 22.9 Å². The summed E-state index contributed by atoms with van der Waals surface area (Å²) in [4.78, 5) is 18.5. The molecule has 0 atom stereocenters. The smallest absolute Gasteiger partial charge is 0.265 e. The SMILES string of the molecule is Cc1nc(-c2ccc3c(c2)N(CC(C)C)C(=O)CO3)cs1. The van der Waals surface area contributed by atoms with Gasteiger partial charge in [-0.15, -0.1) is 11.3 Å². The van der Waals surface area contributed by atoms with Crippen LogP contribution in [0.1, 0.15) is 18.9 Å². The Balaban J connectivity index is 2.02. The van der Waals surface area contributed by atoms with E-state index in [1.54, 1.807) is 11.3 Å². The van der Waals surface area contributed by atoms with Crippen molar-refractivity contribution in [3.63, 3.8) is 0 Å². The summed E-state index contributed by atoms with van der Waals surface area (Å²) in [5.74, 6) is 1.19. The maximum atomic E-state index is 12.1. The summed E-state index contributed by atoms with van der Waals surface area (Å²) >= 11 is 1.63. The molecule has 0 aliphatic carbocycles. The van der Waals surface area contributed by atoms with E-state index in [4.69, 9.17) is 4.74 Å². The Labute approximate surface area is 128 Å². The highest BCUT2D eigenvalue weighted by atomic mass is 32.1. The van der Waals surface area contributed by atoms with Crippen molar-refractivity contribution < 1.29 is 9.53 Å². The maximum absolute atomic E-state index is 12.1. The third-order valence-corrected chi connectivity index (χ3v) is 4.14. The number of carbonyl (C=O) groups is 1. The van der Waals surface area contributed by atoms with Gasteiger partial charge in [0.15, 0.2) is 6.61 Å². The van der Waals surface area contributed by atoms with Gasteiger partial charge < -0.3 is 9.64 Å². The lowest BCUT2D eigenvalue weighted by atomic mass is 10.1. The number of rotatable bonds is 3. The first-order chi connectivity index (χ1) is 10.0. The van der Waals surface area contributed by atoms with Crippen LogP contribution < -0.4 is 9.64 Å².